The van der Waals surface area contributed by atoms with Crippen LogP contribution < -0.4 is 16.6 Å². The fourth-order valence-corrected chi connectivity index (χ4v) is 2.21. The zero-order valence-electron chi connectivity index (χ0n) is 12.2. The molecule has 0 fully saturated rings. The van der Waals surface area contributed by atoms with Crippen LogP contribution in [0.4, 0.5) is 17.1 Å². The first-order chi connectivity index (χ1) is 9.60. The summed E-state index contributed by atoms with van der Waals surface area (Å²) in [5, 5.41) is 14.3. The number of benzene rings is 1. The Balaban J connectivity index is 2.87. The quantitative estimate of drug-likeness (QED) is 0.365. The van der Waals surface area contributed by atoms with Crippen LogP contribution in [0.25, 0.3) is 0 Å². The Kier molecular flexibility index (Phi) is 6.79. The third-order valence-corrected chi connectivity index (χ3v) is 3.21. The van der Waals surface area contributed by atoms with Gasteiger partial charge in [0.15, 0.2) is 0 Å². The molecule has 1 aromatic carbocycles. The summed E-state index contributed by atoms with van der Waals surface area (Å²) in [4.78, 5) is 10.5. The lowest BCUT2D eigenvalue weighted by Gasteiger charge is -2.19. The molecular formula is C14H24N4O2. The van der Waals surface area contributed by atoms with Crippen LogP contribution in [-0.2, 0) is 0 Å². The molecule has 112 valence electrons. The van der Waals surface area contributed by atoms with Crippen molar-refractivity contribution in [3.05, 3.63) is 28.3 Å². The van der Waals surface area contributed by atoms with Gasteiger partial charge < -0.3 is 10.7 Å². The molecular weight excluding hydrogens is 256 g/mol. The summed E-state index contributed by atoms with van der Waals surface area (Å²) in [5.41, 5.74) is 3.77. The van der Waals surface area contributed by atoms with Gasteiger partial charge in [0.05, 0.1) is 10.6 Å². The zero-order valence-corrected chi connectivity index (χ0v) is 12.2. The Hall–Kier alpha value is -1.82. The minimum atomic E-state index is -0.410. The molecule has 6 nitrogen and oxygen atoms in total. The number of hydrogen-bond acceptors (Lipinski definition) is 5. The van der Waals surface area contributed by atoms with Crippen LogP contribution in [-0.4, -0.2) is 11.0 Å². The van der Waals surface area contributed by atoms with Crippen LogP contribution in [0.2, 0.25) is 0 Å². The van der Waals surface area contributed by atoms with Gasteiger partial charge in [0.25, 0.3) is 5.69 Å². The number of rotatable bonds is 9. The molecule has 0 radical (unpaired) electrons. The number of nitrogens with two attached hydrogens (primary N) is 1. The molecule has 4 N–H and O–H groups in total. The lowest BCUT2D eigenvalue weighted by atomic mass is 10.0. The van der Waals surface area contributed by atoms with Gasteiger partial charge in [0, 0.05) is 23.9 Å². The van der Waals surface area contributed by atoms with Gasteiger partial charge in [0.2, 0.25) is 0 Å². The molecule has 1 atom stereocenters. The molecule has 1 aromatic rings. The van der Waals surface area contributed by atoms with E-state index in [-0.39, 0.29) is 5.69 Å². The van der Waals surface area contributed by atoms with Crippen molar-refractivity contribution >= 4 is 17.1 Å². The van der Waals surface area contributed by atoms with Crippen LogP contribution in [0.15, 0.2) is 18.2 Å². The summed E-state index contributed by atoms with van der Waals surface area (Å²) in [5.74, 6) is 5.36. The molecule has 1 unspecified atom stereocenters. The van der Waals surface area contributed by atoms with Crippen molar-refractivity contribution < 1.29 is 4.92 Å². The monoisotopic (exact) mass is 280 g/mol. The Morgan fingerprint density at radius 1 is 1.20 bits per heavy atom. The predicted molar refractivity (Wildman–Crippen MR) is 82.8 cm³/mol. The van der Waals surface area contributed by atoms with E-state index in [1.807, 2.05) is 0 Å². The maximum Gasteiger partial charge on any atom is 0.273 e. The largest absolute Gasteiger partial charge is 0.382 e. The standard InChI is InChI=1S/C14H24N4O2/c1-3-5-7-11(6-4-2)16-12-8-13(17-15)10-14(9-12)18(19)20/h8-11,16-17H,3-7,15H2,1-2H3. The van der Waals surface area contributed by atoms with E-state index >= 15 is 0 Å². The van der Waals surface area contributed by atoms with E-state index in [9.17, 15) is 10.1 Å². The minimum absolute atomic E-state index is 0.0358. The van der Waals surface area contributed by atoms with Gasteiger partial charge in [-0.1, -0.05) is 33.1 Å². The first kappa shape index (κ1) is 16.2. The summed E-state index contributed by atoms with van der Waals surface area (Å²) in [7, 11) is 0. The number of anilines is 2. The molecule has 20 heavy (non-hydrogen) atoms. The highest BCUT2D eigenvalue weighted by Gasteiger charge is 2.12. The third-order valence-electron chi connectivity index (χ3n) is 3.21. The second-order valence-corrected chi connectivity index (χ2v) is 4.94. The molecule has 0 saturated carbocycles. The van der Waals surface area contributed by atoms with Gasteiger partial charge in [0.1, 0.15) is 0 Å². The second-order valence-electron chi connectivity index (χ2n) is 4.94. The highest BCUT2D eigenvalue weighted by Crippen LogP contribution is 2.25. The van der Waals surface area contributed by atoms with E-state index in [1.165, 1.54) is 6.07 Å². The number of nitrogens with zero attached hydrogens (tertiary/aromatic N) is 1. The van der Waals surface area contributed by atoms with Crippen molar-refractivity contribution in [1.82, 2.24) is 0 Å². The first-order valence-corrected chi connectivity index (χ1v) is 7.13. The van der Waals surface area contributed by atoms with Crippen LogP contribution in [0.5, 0.6) is 0 Å². The summed E-state index contributed by atoms with van der Waals surface area (Å²) >= 11 is 0. The SMILES string of the molecule is CCCCC(CCC)Nc1cc(NN)cc([N+](=O)[O-])c1. The molecule has 0 aromatic heterocycles. The van der Waals surface area contributed by atoms with Gasteiger partial charge in [-0.3, -0.25) is 16.0 Å². The summed E-state index contributed by atoms with van der Waals surface area (Å²) < 4.78 is 0. The number of nitrogens with one attached hydrogen (secondary N) is 2. The topological polar surface area (TPSA) is 93.2 Å². The van der Waals surface area contributed by atoms with Crippen molar-refractivity contribution in [3.63, 3.8) is 0 Å². The van der Waals surface area contributed by atoms with Crippen molar-refractivity contribution in [2.75, 3.05) is 10.7 Å². The number of non-ortho nitro benzene ring substituents is 1. The van der Waals surface area contributed by atoms with Crippen LogP contribution in [0.1, 0.15) is 46.0 Å². The maximum absolute atomic E-state index is 10.9. The Bertz CT molecular complexity index is 437. The molecule has 6 heteroatoms. The predicted octanol–water partition coefficient (Wildman–Crippen LogP) is 3.65. The molecule has 0 saturated heterocycles. The number of nitro groups is 1. The van der Waals surface area contributed by atoms with E-state index in [1.54, 1.807) is 12.1 Å². The highest BCUT2D eigenvalue weighted by molar-refractivity contribution is 5.63. The molecule has 0 bridgehead atoms. The average molecular weight is 280 g/mol. The molecule has 0 aliphatic carbocycles. The van der Waals surface area contributed by atoms with Crippen LogP contribution in [0.3, 0.4) is 0 Å². The number of nitrogen functional groups attached to an aromatic ring is 1. The molecule has 1 rings (SSSR count). The smallest absolute Gasteiger partial charge is 0.273 e. The fraction of sp³-hybridized carbons (Fsp3) is 0.571. The second kappa shape index (κ2) is 8.37. The van der Waals surface area contributed by atoms with Crippen molar-refractivity contribution in [2.45, 2.75) is 52.0 Å². The zero-order chi connectivity index (χ0) is 15.0. The lowest BCUT2D eigenvalue weighted by molar-refractivity contribution is -0.384. The summed E-state index contributed by atoms with van der Waals surface area (Å²) in [6.07, 6.45) is 5.49. The van der Waals surface area contributed by atoms with Gasteiger partial charge in [-0.25, -0.2) is 0 Å². The van der Waals surface area contributed by atoms with Gasteiger partial charge in [-0.05, 0) is 18.9 Å². The maximum atomic E-state index is 10.9. The third kappa shape index (κ3) is 5.05. The molecule has 0 aliphatic rings. The highest BCUT2D eigenvalue weighted by atomic mass is 16.6. The van der Waals surface area contributed by atoms with Crippen LogP contribution >= 0.6 is 0 Å². The Morgan fingerprint density at radius 3 is 2.45 bits per heavy atom. The van der Waals surface area contributed by atoms with Crippen LogP contribution in [0, 0.1) is 10.1 Å². The summed E-state index contributed by atoms with van der Waals surface area (Å²) in [6.45, 7) is 4.30. The van der Waals surface area contributed by atoms with E-state index in [2.05, 4.69) is 24.6 Å². The van der Waals surface area contributed by atoms with Gasteiger partial charge in [-0.2, -0.15) is 0 Å². The fourth-order valence-electron chi connectivity index (χ4n) is 2.21. The summed E-state index contributed by atoms with van der Waals surface area (Å²) in [6, 6.07) is 5.11. The Labute approximate surface area is 119 Å². The number of hydrogen-bond donors (Lipinski definition) is 3. The van der Waals surface area contributed by atoms with Gasteiger partial charge >= 0.3 is 0 Å². The van der Waals surface area contributed by atoms with Gasteiger partial charge in [-0.15, -0.1) is 0 Å². The Morgan fingerprint density at radius 2 is 1.90 bits per heavy atom. The van der Waals surface area contributed by atoms with Crippen molar-refractivity contribution in [3.8, 4) is 0 Å². The molecule has 0 amide bonds. The number of nitro benzene ring substituents is 1. The first-order valence-electron chi connectivity index (χ1n) is 7.13. The normalized spacial score (nSPS) is 11.9. The van der Waals surface area contributed by atoms with E-state index in [4.69, 9.17) is 5.84 Å². The lowest BCUT2D eigenvalue weighted by Crippen LogP contribution is -2.19. The van der Waals surface area contributed by atoms with Crippen molar-refractivity contribution in [2.24, 2.45) is 5.84 Å². The molecule has 0 heterocycles. The molecule has 0 spiro atoms. The number of unbranched alkanes of at least 4 members (excludes halogenated alkanes) is 1. The molecule has 0 aliphatic heterocycles. The van der Waals surface area contributed by atoms with E-state index in [0.717, 1.165) is 37.8 Å². The average Bonchev–Trinajstić information content (AvgIpc) is 2.44. The number of hydrazine groups is 1. The van der Waals surface area contributed by atoms with Crippen molar-refractivity contribution in [1.29, 1.82) is 0 Å². The van der Waals surface area contributed by atoms with E-state index < -0.39 is 4.92 Å². The van der Waals surface area contributed by atoms with E-state index in [0.29, 0.717) is 11.7 Å². The minimum Gasteiger partial charge on any atom is -0.382 e.